The molecule has 3 fully saturated rings. The molecule has 0 radical (unpaired) electrons. The van der Waals surface area contributed by atoms with E-state index in [1.165, 1.54) is 58.0 Å². The van der Waals surface area contributed by atoms with E-state index in [1.807, 2.05) is 4.90 Å². The van der Waals surface area contributed by atoms with Crippen molar-refractivity contribution in [3.05, 3.63) is 0 Å². The summed E-state index contributed by atoms with van der Waals surface area (Å²) >= 11 is 0. The number of likely N-dealkylation sites (tertiary alicyclic amines) is 2. The highest BCUT2D eigenvalue weighted by molar-refractivity contribution is 5.74. The van der Waals surface area contributed by atoms with E-state index in [1.54, 1.807) is 0 Å². The minimum absolute atomic E-state index is 0.186. The maximum Gasteiger partial charge on any atom is 0.317 e. The van der Waals surface area contributed by atoms with Crippen LogP contribution in [0.15, 0.2) is 0 Å². The van der Waals surface area contributed by atoms with Gasteiger partial charge < -0.3 is 10.2 Å². The molecule has 2 aliphatic heterocycles. The van der Waals surface area contributed by atoms with Crippen molar-refractivity contribution in [1.29, 1.82) is 0 Å². The molecule has 1 N–H and O–H groups in total. The number of hydrogen-bond acceptors (Lipinski definition) is 2. The lowest BCUT2D eigenvalue weighted by molar-refractivity contribution is 0.160. The van der Waals surface area contributed by atoms with E-state index in [9.17, 15) is 4.79 Å². The van der Waals surface area contributed by atoms with E-state index < -0.39 is 0 Å². The van der Waals surface area contributed by atoms with Crippen molar-refractivity contribution in [2.75, 3.05) is 26.2 Å². The van der Waals surface area contributed by atoms with Crippen LogP contribution in [0.3, 0.4) is 0 Å². The van der Waals surface area contributed by atoms with Gasteiger partial charge in [0.1, 0.15) is 0 Å². The second-order valence-electron chi connectivity index (χ2n) is 6.42. The van der Waals surface area contributed by atoms with Crippen LogP contribution < -0.4 is 5.32 Å². The van der Waals surface area contributed by atoms with Gasteiger partial charge in [0.15, 0.2) is 0 Å². The fraction of sp³-hybridized carbons (Fsp3) is 0.933. The number of carbonyl (C=O) groups is 1. The Kier molecular flexibility index (Phi) is 4.26. The SMILES string of the molecule is O=C(NC1CCCC1)N1CCC(N2CCCCC2)C1. The van der Waals surface area contributed by atoms with Gasteiger partial charge in [-0.2, -0.15) is 0 Å². The highest BCUT2D eigenvalue weighted by Crippen LogP contribution is 2.21. The minimum Gasteiger partial charge on any atom is -0.335 e. The van der Waals surface area contributed by atoms with Gasteiger partial charge in [0.25, 0.3) is 0 Å². The molecule has 3 aliphatic rings. The molecule has 4 nitrogen and oxygen atoms in total. The first-order valence-electron chi connectivity index (χ1n) is 8.12. The summed E-state index contributed by atoms with van der Waals surface area (Å²) in [6.07, 6.45) is 10.1. The van der Waals surface area contributed by atoms with Gasteiger partial charge in [-0.1, -0.05) is 19.3 Å². The average molecular weight is 265 g/mol. The fourth-order valence-electron chi connectivity index (χ4n) is 3.84. The Morgan fingerprint density at radius 2 is 1.63 bits per heavy atom. The van der Waals surface area contributed by atoms with Gasteiger partial charge in [-0.25, -0.2) is 4.79 Å². The van der Waals surface area contributed by atoms with Crippen molar-refractivity contribution in [2.24, 2.45) is 0 Å². The van der Waals surface area contributed by atoms with Crippen LogP contribution in [0.4, 0.5) is 4.79 Å². The molecule has 0 aromatic heterocycles. The van der Waals surface area contributed by atoms with Crippen molar-refractivity contribution >= 4 is 6.03 Å². The van der Waals surface area contributed by atoms with Crippen LogP contribution in [0.5, 0.6) is 0 Å². The van der Waals surface area contributed by atoms with Crippen LogP contribution >= 0.6 is 0 Å². The standard InChI is InChI=1S/C15H27N3O/c19-15(16-13-6-2-3-7-13)18-11-8-14(12-18)17-9-4-1-5-10-17/h13-14H,1-12H2,(H,16,19). The molecule has 2 heterocycles. The number of urea groups is 1. The number of carbonyl (C=O) groups excluding carboxylic acids is 1. The Bertz CT molecular complexity index is 309. The van der Waals surface area contributed by atoms with Crippen molar-refractivity contribution < 1.29 is 4.79 Å². The third-order valence-electron chi connectivity index (χ3n) is 5.04. The molecule has 1 aliphatic carbocycles. The molecule has 1 unspecified atom stereocenters. The van der Waals surface area contributed by atoms with Crippen molar-refractivity contribution in [1.82, 2.24) is 15.1 Å². The molecular formula is C15H27N3O. The Morgan fingerprint density at radius 3 is 2.37 bits per heavy atom. The summed E-state index contributed by atoms with van der Waals surface area (Å²) in [7, 11) is 0. The van der Waals surface area contributed by atoms with Gasteiger partial charge in [-0.05, 0) is 45.2 Å². The molecule has 1 atom stereocenters. The molecule has 108 valence electrons. The van der Waals surface area contributed by atoms with Gasteiger partial charge >= 0.3 is 6.03 Å². The van der Waals surface area contributed by atoms with Crippen LogP contribution in [0, 0.1) is 0 Å². The van der Waals surface area contributed by atoms with Gasteiger partial charge in [0.05, 0.1) is 0 Å². The highest BCUT2D eigenvalue weighted by Gasteiger charge is 2.31. The molecule has 0 bridgehead atoms. The Morgan fingerprint density at radius 1 is 0.895 bits per heavy atom. The minimum atomic E-state index is 0.186. The first-order valence-corrected chi connectivity index (χ1v) is 8.12. The van der Waals surface area contributed by atoms with Crippen LogP contribution in [0.25, 0.3) is 0 Å². The summed E-state index contributed by atoms with van der Waals surface area (Å²) in [5.74, 6) is 0. The van der Waals surface area contributed by atoms with Crippen molar-refractivity contribution in [3.63, 3.8) is 0 Å². The van der Waals surface area contributed by atoms with E-state index in [-0.39, 0.29) is 6.03 Å². The molecule has 3 rings (SSSR count). The molecule has 2 amide bonds. The van der Waals surface area contributed by atoms with E-state index in [0.29, 0.717) is 12.1 Å². The molecule has 0 aromatic rings. The largest absolute Gasteiger partial charge is 0.335 e. The van der Waals surface area contributed by atoms with Gasteiger partial charge in [-0.3, -0.25) is 4.90 Å². The zero-order valence-electron chi connectivity index (χ0n) is 11.9. The number of hydrogen-bond donors (Lipinski definition) is 1. The van der Waals surface area contributed by atoms with Crippen LogP contribution in [0.1, 0.15) is 51.4 Å². The Hall–Kier alpha value is -0.770. The predicted octanol–water partition coefficient (Wildman–Crippen LogP) is 2.20. The number of rotatable bonds is 2. The molecule has 0 aromatic carbocycles. The lowest BCUT2D eigenvalue weighted by atomic mass is 10.1. The lowest BCUT2D eigenvalue weighted by Crippen LogP contribution is -2.45. The normalized spacial score (nSPS) is 29.9. The zero-order valence-corrected chi connectivity index (χ0v) is 11.9. The molecular weight excluding hydrogens is 238 g/mol. The topological polar surface area (TPSA) is 35.6 Å². The summed E-state index contributed by atoms with van der Waals surface area (Å²) in [5.41, 5.74) is 0. The van der Waals surface area contributed by atoms with Crippen molar-refractivity contribution in [2.45, 2.75) is 63.5 Å². The number of nitrogens with one attached hydrogen (secondary N) is 1. The highest BCUT2D eigenvalue weighted by atomic mass is 16.2. The number of piperidine rings is 1. The first kappa shape index (κ1) is 13.2. The van der Waals surface area contributed by atoms with E-state index in [2.05, 4.69) is 10.2 Å². The quantitative estimate of drug-likeness (QED) is 0.831. The smallest absolute Gasteiger partial charge is 0.317 e. The van der Waals surface area contributed by atoms with Crippen LogP contribution in [-0.2, 0) is 0 Å². The van der Waals surface area contributed by atoms with Gasteiger partial charge in [0, 0.05) is 25.2 Å². The Labute approximate surface area is 116 Å². The monoisotopic (exact) mass is 265 g/mol. The first-order chi connectivity index (χ1) is 9.33. The van der Waals surface area contributed by atoms with E-state index in [0.717, 1.165) is 19.5 Å². The summed E-state index contributed by atoms with van der Waals surface area (Å²) in [5, 5.41) is 3.21. The number of amides is 2. The second-order valence-corrected chi connectivity index (χ2v) is 6.42. The maximum absolute atomic E-state index is 12.2. The molecule has 19 heavy (non-hydrogen) atoms. The summed E-state index contributed by atoms with van der Waals surface area (Å²) in [6, 6.07) is 1.25. The third kappa shape index (κ3) is 3.22. The number of nitrogens with zero attached hydrogens (tertiary/aromatic N) is 2. The fourth-order valence-corrected chi connectivity index (χ4v) is 3.84. The zero-order chi connectivity index (χ0) is 13.1. The van der Waals surface area contributed by atoms with Gasteiger partial charge in [-0.15, -0.1) is 0 Å². The van der Waals surface area contributed by atoms with E-state index >= 15 is 0 Å². The molecule has 1 saturated carbocycles. The van der Waals surface area contributed by atoms with Crippen LogP contribution in [0.2, 0.25) is 0 Å². The molecule has 2 saturated heterocycles. The molecule has 4 heteroatoms. The Balaban J connectivity index is 1.46. The molecule has 0 spiro atoms. The van der Waals surface area contributed by atoms with E-state index in [4.69, 9.17) is 0 Å². The summed E-state index contributed by atoms with van der Waals surface area (Å²) < 4.78 is 0. The maximum atomic E-state index is 12.2. The summed E-state index contributed by atoms with van der Waals surface area (Å²) in [4.78, 5) is 16.9. The van der Waals surface area contributed by atoms with Crippen molar-refractivity contribution in [3.8, 4) is 0 Å². The summed E-state index contributed by atoms with van der Waals surface area (Å²) in [6.45, 7) is 4.36. The predicted molar refractivity (Wildman–Crippen MR) is 76.2 cm³/mol. The third-order valence-corrected chi connectivity index (χ3v) is 5.04. The average Bonchev–Trinajstić information content (AvgIpc) is 3.10. The van der Waals surface area contributed by atoms with Crippen LogP contribution in [-0.4, -0.2) is 54.1 Å². The lowest BCUT2D eigenvalue weighted by Gasteiger charge is -2.32. The second kappa shape index (κ2) is 6.12. The van der Waals surface area contributed by atoms with Gasteiger partial charge in [0.2, 0.25) is 0 Å².